The number of hydrogen-bond donors (Lipinski definition) is 2. The SMILES string of the molecule is N#Cc1ccc(OC2CCC(C(=O)Nc3ccc(N4CCC(CN5CCN(c6ccc7c(c6)C(=O)N(C6CCC(=O)NC6=O)C7)CC5)CC4)cc3)CC2)cc1Cl. The van der Waals surface area contributed by atoms with Crippen molar-refractivity contribution in [2.75, 3.05) is 60.9 Å². The molecule has 8 rings (SSSR count). The van der Waals surface area contributed by atoms with Gasteiger partial charge in [-0.2, -0.15) is 5.26 Å². The number of carbonyl (C=O) groups excluding carboxylic acids is 4. The van der Waals surface area contributed by atoms with Crippen molar-refractivity contribution in [1.29, 1.82) is 5.26 Å². The zero-order valence-electron chi connectivity index (χ0n) is 31.6. The number of ether oxygens (including phenoxy) is 1. The number of amides is 4. The summed E-state index contributed by atoms with van der Waals surface area (Å²) in [7, 11) is 0. The van der Waals surface area contributed by atoms with Gasteiger partial charge in [-0.05, 0) is 105 Å². The molecule has 5 aliphatic rings. The number of carbonyl (C=O) groups is 4. The Morgan fingerprint density at radius 2 is 1.55 bits per heavy atom. The first kappa shape index (κ1) is 37.8. The van der Waals surface area contributed by atoms with Gasteiger partial charge in [0.05, 0.1) is 16.7 Å². The quantitative estimate of drug-likeness (QED) is 0.267. The van der Waals surface area contributed by atoms with Crippen LogP contribution in [0.5, 0.6) is 5.75 Å². The second kappa shape index (κ2) is 16.5. The molecular weight excluding hydrogens is 730 g/mol. The lowest BCUT2D eigenvalue weighted by Gasteiger charge is -2.40. The molecule has 0 bridgehead atoms. The van der Waals surface area contributed by atoms with Crippen LogP contribution >= 0.6 is 11.6 Å². The monoisotopic (exact) mass is 777 g/mol. The van der Waals surface area contributed by atoms with Crippen molar-refractivity contribution in [1.82, 2.24) is 15.1 Å². The number of rotatable bonds is 9. The zero-order chi connectivity index (χ0) is 38.8. The summed E-state index contributed by atoms with van der Waals surface area (Å²) in [4.78, 5) is 59.4. The zero-order valence-corrected chi connectivity index (χ0v) is 32.3. The molecule has 56 heavy (non-hydrogen) atoms. The van der Waals surface area contributed by atoms with Crippen molar-refractivity contribution in [2.45, 2.75) is 70.1 Å². The molecule has 292 valence electrons. The van der Waals surface area contributed by atoms with Crippen molar-refractivity contribution in [3.05, 3.63) is 82.4 Å². The van der Waals surface area contributed by atoms with E-state index in [4.69, 9.17) is 21.6 Å². The van der Waals surface area contributed by atoms with E-state index in [2.05, 4.69) is 49.6 Å². The highest BCUT2D eigenvalue weighted by Gasteiger charge is 2.39. The Balaban J connectivity index is 0.743. The van der Waals surface area contributed by atoms with Crippen LogP contribution in [0.2, 0.25) is 5.02 Å². The maximum absolute atomic E-state index is 13.3. The number of nitrogens with one attached hydrogen (secondary N) is 2. The number of halogens is 1. The number of benzene rings is 3. The van der Waals surface area contributed by atoms with Crippen molar-refractivity contribution < 1.29 is 23.9 Å². The Morgan fingerprint density at radius 3 is 2.25 bits per heavy atom. The van der Waals surface area contributed by atoms with Gasteiger partial charge in [-0.1, -0.05) is 17.7 Å². The molecule has 3 aromatic carbocycles. The Bertz CT molecular complexity index is 2010. The summed E-state index contributed by atoms with van der Waals surface area (Å²) in [5.74, 6) is 0.516. The highest BCUT2D eigenvalue weighted by Crippen LogP contribution is 2.33. The van der Waals surface area contributed by atoms with E-state index in [0.717, 1.165) is 101 Å². The van der Waals surface area contributed by atoms with Gasteiger partial charge in [0.15, 0.2) is 0 Å². The fourth-order valence-electron chi connectivity index (χ4n) is 8.96. The van der Waals surface area contributed by atoms with Gasteiger partial charge in [-0.15, -0.1) is 0 Å². The van der Waals surface area contributed by atoms with E-state index >= 15 is 0 Å². The molecule has 4 amide bonds. The third-order valence-corrected chi connectivity index (χ3v) is 12.6. The smallest absolute Gasteiger partial charge is 0.255 e. The molecule has 3 saturated heterocycles. The van der Waals surface area contributed by atoms with E-state index in [1.165, 1.54) is 5.69 Å². The number of imide groups is 1. The molecule has 0 aromatic heterocycles. The van der Waals surface area contributed by atoms with Crippen molar-refractivity contribution in [2.24, 2.45) is 11.8 Å². The van der Waals surface area contributed by atoms with E-state index < -0.39 is 6.04 Å². The van der Waals surface area contributed by atoms with Crippen LogP contribution in [0.4, 0.5) is 17.1 Å². The minimum atomic E-state index is -0.597. The summed E-state index contributed by atoms with van der Waals surface area (Å²) in [6, 6.07) is 20.9. The Labute approximate surface area is 332 Å². The minimum absolute atomic E-state index is 0.0241. The first-order chi connectivity index (χ1) is 27.2. The highest BCUT2D eigenvalue weighted by atomic mass is 35.5. The van der Waals surface area contributed by atoms with Crippen LogP contribution in [0.25, 0.3) is 0 Å². The number of nitrogens with zero attached hydrogens (tertiary/aromatic N) is 5. The summed E-state index contributed by atoms with van der Waals surface area (Å²) < 4.78 is 6.09. The van der Waals surface area contributed by atoms with Gasteiger partial charge >= 0.3 is 0 Å². The van der Waals surface area contributed by atoms with E-state index in [9.17, 15) is 19.2 Å². The number of piperidine rings is 2. The summed E-state index contributed by atoms with van der Waals surface area (Å²) in [5, 5.41) is 15.0. The van der Waals surface area contributed by atoms with Crippen LogP contribution in [-0.2, 0) is 20.9 Å². The number of piperazine rings is 1. The van der Waals surface area contributed by atoms with E-state index in [1.807, 2.05) is 24.3 Å². The van der Waals surface area contributed by atoms with Crippen LogP contribution in [0.1, 0.15) is 72.9 Å². The molecule has 4 heterocycles. The maximum atomic E-state index is 13.3. The van der Waals surface area contributed by atoms with E-state index in [0.29, 0.717) is 40.8 Å². The Morgan fingerprint density at radius 1 is 0.839 bits per heavy atom. The number of nitriles is 1. The molecular formula is C43H48ClN7O5. The van der Waals surface area contributed by atoms with Gasteiger partial charge in [0.1, 0.15) is 17.9 Å². The molecule has 2 N–H and O–H groups in total. The van der Waals surface area contributed by atoms with Gasteiger partial charge in [-0.3, -0.25) is 29.4 Å². The first-order valence-electron chi connectivity index (χ1n) is 20.0. The van der Waals surface area contributed by atoms with Gasteiger partial charge in [0.25, 0.3) is 5.91 Å². The van der Waals surface area contributed by atoms with Crippen LogP contribution in [0.15, 0.2) is 60.7 Å². The fraction of sp³-hybridized carbons (Fsp3) is 0.465. The lowest BCUT2D eigenvalue weighted by Crippen LogP contribution is -2.52. The summed E-state index contributed by atoms with van der Waals surface area (Å²) in [5.41, 5.74) is 5.07. The van der Waals surface area contributed by atoms with Gasteiger partial charge in [0.2, 0.25) is 17.7 Å². The second-order valence-corrected chi connectivity index (χ2v) is 16.2. The predicted octanol–water partition coefficient (Wildman–Crippen LogP) is 5.59. The second-order valence-electron chi connectivity index (χ2n) is 15.8. The highest BCUT2D eigenvalue weighted by molar-refractivity contribution is 6.31. The lowest BCUT2D eigenvalue weighted by atomic mass is 9.86. The van der Waals surface area contributed by atoms with Crippen LogP contribution in [0.3, 0.4) is 0 Å². The largest absolute Gasteiger partial charge is 0.490 e. The molecule has 1 saturated carbocycles. The maximum Gasteiger partial charge on any atom is 0.255 e. The average molecular weight is 778 g/mol. The third kappa shape index (κ3) is 8.34. The predicted molar refractivity (Wildman–Crippen MR) is 214 cm³/mol. The molecule has 0 radical (unpaired) electrons. The number of anilines is 3. The summed E-state index contributed by atoms with van der Waals surface area (Å²) >= 11 is 6.16. The molecule has 1 aliphatic carbocycles. The summed E-state index contributed by atoms with van der Waals surface area (Å²) in [6.45, 7) is 7.26. The van der Waals surface area contributed by atoms with Gasteiger partial charge in [-0.25, -0.2) is 0 Å². The average Bonchev–Trinajstić information content (AvgIpc) is 3.54. The Hall–Kier alpha value is -5.12. The van der Waals surface area contributed by atoms with Gasteiger partial charge in [0, 0.05) is 93.4 Å². The van der Waals surface area contributed by atoms with E-state index in [1.54, 1.807) is 23.1 Å². The molecule has 13 heteroatoms. The van der Waals surface area contributed by atoms with Crippen molar-refractivity contribution in [3.8, 4) is 11.8 Å². The molecule has 4 aliphatic heterocycles. The van der Waals surface area contributed by atoms with Crippen molar-refractivity contribution >= 4 is 52.3 Å². The molecule has 0 spiro atoms. The minimum Gasteiger partial charge on any atom is -0.490 e. The Kier molecular flexibility index (Phi) is 11.2. The molecule has 1 unspecified atom stereocenters. The summed E-state index contributed by atoms with van der Waals surface area (Å²) in [6.07, 6.45) is 6.01. The number of hydrogen-bond acceptors (Lipinski definition) is 9. The van der Waals surface area contributed by atoms with Gasteiger partial charge < -0.3 is 24.8 Å². The molecule has 3 aromatic rings. The normalized spacial score (nSPS) is 23.4. The standard InChI is InChI=1S/C43H48ClN7O5/c44-38-24-36(12-4-30(38)25-45)56-35-10-2-29(3-11-35)41(53)46-32-5-8-33(9-6-32)49-17-15-28(16-18-49)26-48-19-21-50(22-20-48)34-7-1-31-27-51(43(55)37(31)23-34)39-13-14-40(52)47-42(39)54/h1,4-9,12,23-24,28-29,35,39H,2-3,10-11,13-22,26-27H2,(H,46,53)(H,47,52,54). The first-order valence-corrected chi connectivity index (χ1v) is 20.4. The third-order valence-electron chi connectivity index (χ3n) is 12.3. The topological polar surface area (TPSA) is 138 Å². The van der Waals surface area contributed by atoms with Crippen molar-refractivity contribution in [3.63, 3.8) is 0 Å². The molecule has 12 nitrogen and oxygen atoms in total. The van der Waals surface area contributed by atoms with Crippen LogP contribution in [-0.4, -0.2) is 91.4 Å². The lowest BCUT2D eigenvalue weighted by molar-refractivity contribution is -0.137. The molecule has 4 fully saturated rings. The molecule has 1 atom stereocenters. The fourth-order valence-corrected chi connectivity index (χ4v) is 9.17. The number of fused-ring (bicyclic) bond motifs is 1. The van der Waals surface area contributed by atoms with Crippen LogP contribution < -0.4 is 25.2 Å². The van der Waals surface area contributed by atoms with E-state index in [-0.39, 0.29) is 42.1 Å². The van der Waals surface area contributed by atoms with Crippen LogP contribution in [0, 0.1) is 23.2 Å².